The number of carbonyl (C=O) groups is 1. The molecule has 0 spiro atoms. The number of aromatic nitrogens is 2. The fourth-order valence-electron chi connectivity index (χ4n) is 2.82. The summed E-state index contributed by atoms with van der Waals surface area (Å²) < 4.78 is 0. The van der Waals surface area contributed by atoms with Crippen LogP contribution in [0.1, 0.15) is 44.0 Å². The van der Waals surface area contributed by atoms with Crippen LogP contribution in [0, 0.1) is 16.7 Å². The molecule has 0 saturated carbocycles. The van der Waals surface area contributed by atoms with Gasteiger partial charge >= 0.3 is 5.97 Å². The first-order chi connectivity index (χ1) is 9.96. The molecule has 1 N–H and O–H groups in total. The summed E-state index contributed by atoms with van der Waals surface area (Å²) >= 11 is 0. The van der Waals surface area contributed by atoms with Crippen molar-refractivity contribution in [1.29, 1.82) is 5.26 Å². The van der Waals surface area contributed by atoms with Crippen molar-refractivity contribution >= 4 is 11.8 Å². The Labute approximate surface area is 124 Å². The zero-order valence-corrected chi connectivity index (χ0v) is 12.7. The van der Waals surface area contributed by atoms with E-state index in [1.807, 2.05) is 18.7 Å². The topological polar surface area (TPSA) is 90.1 Å². The molecule has 1 aromatic heterocycles. The van der Waals surface area contributed by atoms with Gasteiger partial charge in [0.1, 0.15) is 11.6 Å². The van der Waals surface area contributed by atoms with Gasteiger partial charge in [0, 0.05) is 13.1 Å². The van der Waals surface area contributed by atoms with Crippen molar-refractivity contribution in [1.82, 2.24) is 10.2 Å². The van der Waals surface area contributed by atoms with Gasteiger partial charge in [-0.05, 0) is 31.7 Å². The Morgan fingerprint density at radius 2 is 2.14 bits per heavy atom. The Morgan fingerprint density at radius 1 is 1.43 bits per heavy atom. The molecule has 1 aromatic rings. The number of hydrogen-bond donors (Lipinski definition) is 1. The number of anilines is 1. The van der Waals surface area contributed by atoms with Gasteiger partial charge in [0.2, 0.25) is 0 Å². The van der Waals surface area contributed by atoms with Crippen LogP contribution < -0.4 is 4.90 Å². The molecule has 6 nitrogen and oxygen atoms in total. The van der Waals surface area contributed by atoms with Gasteiger partial charge in [-0.3, -0.25) is 4.79 Å². The van der Waals surface area contributed by atoms with Gasteiger partial charge in [-0.1, -0.05) is 13.8 Å². The minimum Gasteiger partial charge on any atom is -0.481 e. The Kier molecular flexibility index (Phi) is 4.12. The lowest BCUT2D eigenvalue weighted by Gasteiger charge is -2.22. The molecule has 1 saturated heterocycles. The third-order valence-corrected chi connectivity index (χ3v) is 4.23. The fourth-order valence-corrected chi connectivity index (χ4v) is 2.82. The number of rotatable bonds is 4. The van der Waals surface area contributed by atoms with E-state index in [9.17, 15) is 15.2 Å². The standard InChI is InChI=1S/C15H20N4O2/c1-4-10-11(8-16)13(18-17-12(10)5-2)19-7-6-15(3,9-19)14(20)21/h4-7,9H2,1-3H3,(H,20,21). The SMILES string of the molecule is CCc1nnc(N2CCC(C)(C(=O)O)C2)c(C#N)c1CC. The molecule has 0 aliphatic carbocycles. The van der Waals surface area contributed by atoms with E-state index in [1.165, 1.54) is 0 Å². The van der Waals surface area contributed by atoms with E-state index < -0.39 is 11.4 Å². The van der Waals surface area contributed by atoms with E-state index in [0.717, 1.165) is 24.1 Å². The largest absolute Gasteiger partial charge is 0.481 e. The number of carboxylic acids is 1. The zero-order chi connectivity index (χ0) is 15.6. The van der Waals surface area contributed by atoms with Gasteiger partial charge in [-0.15, -0.1) is 5.10 Å². The highest BCUT2D eigenvalue weighted by Gasteiger charge is 2.41. The number of carboxylic acid groups (broad SMARTS) is 1. The molecule has 112 valence electrons. The third-order valence-electron chi connectivity index (χ3n) is 4.23. The molecule has 1 unspecified atom stereocenters. The van der Waals surface area contributed by atoms with Crippen LogP contribution in [0.25, 0.3) is 0 Å². The Morgan fingerprint density at radius 3 is 2.62 bits per heavy atom. The predicted octanol–water partition coefficient (Wildman–Crippen LogP) is 1.77. The van der Waals surface area contributed by atoms with Crippen molar-refractivity contribution in [3.63, 3.8) is 0 Å². The van der Waals surface area contributed by atoms with E-state index in [2.05, 4.69) is 16.3 Å². The summed E-state index contributed by atoms with van der Waals surface area (Å²) in [5, 5.41) is 27.2. The number of aryl methyl sites for hydroxylation is 1. The number of aliphatic carboxylic acids is 1. The normalized spacial score (nSPS) is 21.3. The maximum atomic E-state index is 11.4. The third kappa shape index (κ3) is 2.56. The monoisotopic (exact) mass is 288 g/mol. The lowest BCUT2D eigenvalue weighted by molar-refractivity contribution is -0.146. The molecule has 0 radical (unpaired) electrons. The molecule has 1 fully saturated rings. The van der Waals surface area contributed by atoms with Gasteiger partial charge in [0.15, 0.2) is 5.82 Å². The van der Waals surface area contributed by atoms with Crippen LogP contribution in [0.4, 0.5) is 5.82 Å². The molecule has 21 heavy (non-hydrogen) atoms. The average molecular weight is 288 g/mol. The van der Waals surface area contributed by atoms with Crippen LogP contribution in [0.2, 0.25) is 0 Å². The summed E-state index contributed by atoms with van der Waals surface area (Å²) in [7, 11) is 0. The summed E-state index contributed by atoms with van der Waals surface area (Å²) in [6.07, 6.45) is 2.00. The van der Waals surface area contributed by atoms with Crippen molar-refractivity contribution in [2.24, 2.45) is 5.41 Å². The summed E-state index contributed by atoms with van der Waals surface area (Å²) in [6.45, 7) is 6.66. The fraction of sp³-hybridized carbons (Fsp3) is 0.600. The van der Waals surface area contributed by atoms with Crippen molar-refractivity contribution in [2.75, 3.05) is 18.0 Å². The van der Waals surface area contributed by atoms with Gasteiger partial charge < -0.3 is 10.0 Å². The number of nitrogens with zero attached hydrogens (tertiary/aromatic N) is 4. The molecule has 1 aliphatic heterocycles. The Hall–Kier alpha value is -2.16. The number of hydrogen-bond acceptors (Lipinski definition) is 5. The molecule has 2 rings (SSSR count). The highest BCUT2D eigenvalue weighted by molar-refractivity contribution is 5.76. The maximum absolute atomic E-state index is 11.4. The Balaban J connectivity index is 2.43. The average Bonchev–Trinajstić information content (AvgIpc) is 2.89. The molecule has 1 atom stereocenters. The Bertz CT molecular complexity index is 608. The summed E-state index contributed by atoms with van der Waals surface area (Å²) in [5.41, 5.74) is 1.52. The summed E-state index contributed by atoms with van der Waals surface area (Å²) in [5.74, 6) is -0.283. The first-order valence-corrected chi connectivity index (χ1v) is 7.23. The smallest absolute Gasteiger partial charge is 0.311 e. The van der Waals surface area contributed by atoms with Crippen molar-refractivity contribution in [3.8, 4) is 6.07 Å². The van der Waals surface area contributed by atoms with E-state index in [0.29, 0.717) is 30.9 Å². The van der Waals surface area contributed by atoms with E-state index >= 15 is 0 Å². The van der Waals surface area contributed by atoms with Crippen LogP contribution in [0.15, 0.2) is 0 Å². The molecular weight excluding hydrogens is 268 g/mol. The molecule has 6 heteroatoms. The highest BCUT2D eigenvalue weighted by atomic mass is 16.4. The van der Waals surface area contributed by atoms with E-state index in [1.54, 1.807) is 6.92 Å². The first-order valence-electron chi connectivity index (χ1n) is 7.23. The number of nitriles is 1. The predicted molar refractivity (Wildman–Crippen MR) is 78.1 cm³/mol. The molecule has 1 aliphatic rings. The lowest BCUT2D eigenvalue weighted by Crippen LogP contribution is -2.32. The quantitative estimate of drug-likeness (QED) is 0.908. The zero-order valence-electron chi connectivity index (χ0n) is 12.7. The lowest BCUT2D eigenvalue weighted by atomic mass is 9.90. The van der Waals surface area contributed by atoms with Crippen LogP contribution in [-0.4, -0.2) is 34.4 Å². The molecular formula is C15H20N4O2. The van der Waals surface area contributed by atoms with Gasteiger partial charge in [0.05, 0.1) is 11.1 Å². The van der Waals surface area contributed by atoms with Crippen LogP contribution in [0.5, 0.6) is 0 Å². The second kappa shape index (κ2) is 5.68. The van der Waals surface area contributed by atoms with Crippen molar-refractivity contribution in [3.05, 3.63) is 16.8 Å². The second-order valence-corrected chi connectivity index (χ2v) is 5.68. The van der Waals surface area contributed by atoms with Crippen LogP contribution >= 0.6 is 0 Å². The molecule has 0 bridgehead atoms. The highest BCUT2D eigenvalue weighted by Crippen LogP contribution is 2.34. The molecule has 0 amide bonds. The first kappa shape index (κ1) is 15.2. The van der Waals surface area contributed by atoms with Gasteiger partial charge in [0.25, 0.3) is 0 Å². The molecule has 2 heterocycles. The summed E-state index contributed by atoms with van der Waals surface area (Å²) in [6, 6.07) is 2.23. The van der Waals surface area contributed by atoms with Crippen LogP contribution in [-0.2, 0) is 17.6 Å². The summed E-state index contributed by atoms with van der Waals surface area (Å²) in [4.78, 5) is 13.2. The van der Waals surface area contributed by atoms with Crippen molar-refractivity contribution in [2.45, 2.75) is 40.0 Å². The van der Waals surface area contributed by atoms with Crippen LogP contribution in [0.3, 0.4) is 0 Å². The molecule has 0 aromatic carbocycles. The maximum Gasteiger partial charge on any atom is 0.311 e. The second-order valence-electron chi connectivity index (χ2n) is 5.68. The van der Waals surface area contributed by atoms with E-state index in [-0.39, 0.29) is 0 Å². The van der Waals surface area contributed by atoms with Crippen molar-refractivity contribution < 1.29 is 9.90 Å². The van der Waals surface area contributed by atoms with Gasteiger partial charge in [-0.25, -0.2) is 0 Å². The minimum atomic E-state index is -0.808. The minimum absolute atomic E-state index is 0.361. The van der Waals surface area contributed by atoms with Gasteiger partial charge in [-0.2, -0.15) is 10.4 Å². The van der Waals surface area contributed by atoms with E-state index in [4.69, 9.17) is 0 Å².